The van der Waals surface area contributed by atoms with Crippen LogP contribution >= 0.6 is 0 Å². The van der Waals surface area contributed by atoms with E-state index in [4.69, 9.17) is 0 Å². The van der Waals surface area contributed by atoms with Crippen LogP contribution in [0, 0.1) is 11.3 Å². The molecule has 1 aliphatic heterocycles. The number of carbonyl (C=O) groups excluding carboxylic acids is 2. The van der Waals surface area contributed by atoms with Crippen molar-refractivity contribution in [2.45, 2.75) is 34.6 Å². The molecule has 104 valence electrons. The Bertz CT molecular complexity index is 432. The first-order chi connectivity index (χ1) is 8.68. The van der Waals surface area contributed by atoms with Crippen molar-refractivity contribution in [2.24, 2.45) is 11.3 Å². The van der Waals surface area contributed by atoms with Crippen LogP contribution in [0.1, 0.15) is 34.6 Å². The predicted octanol–water partition coefficient (Wildman–Crippen LogP) is 3.10. The van der Waals surface area contributed by atoms with Crippen molar-refractivity contribution in [2.75, 3.05) is 6.54 Å². The van der Waals surface area contributed by atoms with E-state index in [0.717, 1.165) is 0 Å². The van der Waals surface area contributed by atoms with E-state index in [1.807, 2.05) is 38.1 Å². The van der Waals surface area contributed by atoms with E-state index in [1.165, 1.54) is 0 Å². The van der Waals surface area contributed by atoms with Gasteiger partial charge in [0, 0.05) is 36.0 Å². The van der Waals surface area contributed by atoms with Gasteiger partial charge in [-0.15, -0.1) is 6.58 Å². The SMILES string of the molecule is C=CCN1C=C(C(C)=O)C(C(C)(C)C)C(C(C)=O)=C1. The number of hydrogen-bond acceptors (Lipinski definition) is 3. The van der Waals surface area contributed by atoms with Crippen molar-refractivity contribution >= 4 is 11.6 Å². The van der Waals surface area contributed by atoms with Gasteiger partial charge in [-0.3, -0.25) is 9.59 Å². The maximum Gasteiger partial charge on any atom is 0.157 e. The van der Waals surface area contributed by atoms with Crippen LogP contribution in [0.15, 0.2) is 36.2 Å². The zero-order valence-electron chi connectivity index (χ0n) is 12.5. The summed E-state index contributed by atoms with van der Waals surface area (Å²) in [5.41, 5.74) is 1.22. The minimum Gasteiger partial charge on any atom is -0.350 e. The summed E-state index contributed by atoms with van der Waals surface area (Å²) in [6.45, 7) is 13.5. The first kappa shape index (κ1) is 15.4. The number of Topliss-reactive ketones (excluding diaryl/α,β-unsaturated/α-hetero) is 2. The first-order valence-electron chi connectivity index (χ1n) is 6.50. The molecule has 0 aliphatic carbocycles. The average molecular weight is 261 g/mol. The molecule has 3 heteroatoms. The van der Waals surface area contributed by atoms with Crippen LogP contribution in [0.2, 0.25) is 0 Å². The van der Waals surface area contributed by atoms with Gasteiger partial charge in [0.15, 0.2) is 11.6 Å². The maximum absolute atomic E-state index is 11.9. The number of ketones is 2. The molecule has 0 aromatic carbocycles. The second kappa shape index (κ2) is 5.55. The topological polar surface area (TPSA) is 37.4 Å². The Labute approximate surface area is 115 Å². The molecule has 3 nitrogen and oxygen atoms in total. The van der Waals surface area contributed by atoms with Crippen molar-refractivity contribution in [3.8, 4) is 0 Å². The van der Waals surface area contributed by atoms with E-state index in [0.29, 0.717) is 17.7 Å². The molecular formula is C16H23NO2. The zero-order valence-corrected chi connectivity index (χ0v) is 12.5. The van der Waals surface area contributed by atoms with Gasteiger partial charge in [0.1, 0.15) is 0 Å². The highest BCUT2D eigenvalue weighted by Gasteiger charge is 2.37. The minimum atomic E-state index is -0.171. The number of carbonyl (C=O) groups is 2. The number of allylic oxidation sites excluding steroid dienone is 2. The Morgan fingerprint density at radius 3 is 1.89 bits per heavy atom. The zero-order chi connectivity index (χ0) is 14.8. The van der Waals surface area contributed by atoms with Crippen molar-refractivity contribution in [1.29, 1.82) is 0 Å². The number of hydrogen-bond donors (Lipinski definition) is 0. The lowest BCUT2D eigenvalue weighted by Crippen LogP contribution is -2.35. The van der Waals surface area contributed by atoms with Crippen LogP contribution in [0.3, 0.4) is 0 Å². The molecule has 0 N–H and O–H groups in total. The minimum absolute atomic E-state index is 0.0147. The van der Waals surface area contributed by atoms with Crippen molar-refractivity contribution in [3.63, 3.8) is 0 Å². The van der Waals surface area contributed by atoms with E-state index in [2.05, 4.69) is 6.58 Å². The molecule has 0 unspecified atom stereocenters. The van der Waals surface area contributed by atoms with Crippen LogP contribution in [-0.2, 0) is 9.59 Å². The molecule has 0 aromatic rings. The highest BCUT2D eigenvalue weighted by atomic mass is 16.1. The molecule has 0 fully saturated rings. The van der Waals surface area contributed by atoms with Crippen molar-refractivity contribution < 1.29 is 9.59 Å². The quantitative estimate of drug-likeness (QED) is 0.730. The summed E-state index contributed by atoms with van der Waals surface area (Å²) >= 11 is 0. The van der Waals surface area contributed by atoms with Gasteiger partial charge in [-0.25, -0.2) is 0 Å². The fourth-order valence-electron chi connectivity index (χ4n) is 2.49. The Morgan fingerprint density at radius 2 is 1.63 bits per heavy atom. The van der Waals surface area contributed by atoms with Gasteiger partial charge < -0.3 is 4.90 Å². The average Bonchev–Trinajstić information content (AvgIpc) is 2.26. The van der Waals surface area contributed by atoms with Gasteiger partial charge in [-0.1, -0.05) is 26.8 Å². The van der Waals surface area contributed by atoms with E-state index >= 15 is 0 Å². The number of nitrogens with zero attached hydrogens (tertiary/aromatic N) is 1. The molecule has 0 atom stereocenters. The lowest BCUT2D eigenvalue weighted by molar-refractivity contribution is -0.115. The van der Waals surface area contributed by atoms with Gasteiger partial charge >= 0.3 is 0 Å². The molecule has 0 aromatic heterocycles. The molecule has 0 spiro atoms. The van der Waals surface area contributed by atoms with Crippen molar-refractivity contribution in [1.82, 2.24) is 4.90 Å². The highest BCUT2D eigenvalue weighted by Crippen LogP contribution is 2.40. The Kier molecular flexibility index (Phi) is 4.51. The lowest BCUT2D eigenvalue weighted by Gasteiger charge is -2.37. The van der Waals surface area contributed by atoms with Crippen LogP contribution < -0.4 is 0 Å². The van der Waals surface area contributed by atoms with Gasteiger partial charge in [-0.05, 0) is 19.3 Å². The standard InChI is InChI=1S/C16H23NO2/c1-7-8-17-9-13(11(2)18)15(16(4,5)6)14(10-17)12(3)19/h7,9-10,15H,1,8H2,2-6H3. The smallest absolute Gasteiger partial charge is 0.157 e. The second-order valence-corrected chi connectivity index (χ2v) is 6.07. The molecular weight excluding hydrogens is 238 g/mol. The normalized spacial score (nSPS) is 16.8. The summed E-state index contributed by atoms with van der Waals surface area (Å²) < 4.78 is 0. The third-order valence-electron chi connectivity index (χ3n) is 3.25. The molecule has 1 aliphatic rings. The second-order valence-electron chi connectivity index (χ2n) is 6.07. The summed E-state index contributed by atoms with van der Waals surface area (Å²) in [4.78, 5) is 25.7. The fraction of sp³-hybridized carbons (Fsp3) is 0.500. The molecule has 0 saturated carbocycles. The van der Waals surface area contributed by atoms with Crippen LogP contribution in [-0.4, -0.2) is 23.0 Å². The van der Waals surface area contributed by atoms with Crippen LogP contribution in [0.25, 0.3) is 0 Å². The van der Waals surface area contributed by atoms with Crippen LogP contribution in [0.4, 0.5) is 0 Å². The molecule has 0 bridgehead atoms. The third-order valence-corrected chi connectivity index (χ3v) is 3.25. The third kappa shape index (κ3) is 3.43. The van der Waals surface area contributed by atoms with E-state index in [-0.39, 0.29) is 22.9 Å². The largest absolute Gasteiger partial charge is 0.350 e. The lowest BCUT2D eigenvalue weighted by atomic mass is 9.69. The summed E-state index contributed by atoms with van der Waals surface area (Å²) in [5.74, 6) is -0.120. The molecule has 19 heavy (non-hydrogen) atoms. The van der Waals surface area contributed by atoms with Gasteiger partial charge in [-0.2, -0.15) is 0 Å². The molecule has 1 rings (SSSR count). The predicted molar refractivity (Wildman–Crippen MR) is 77.4 cm³/mol. The number of rotatable bonds is 4. The maximum atomic E-state index is 11.9. The monoisotopic (exact) mass is 261 g/mol. The first-order valence-corrected chi connectivity index (χ1v) is 6.50. The fourth-order valence-corrected chi connectivity index (χ4v) is 2.49. The van der Waals surface area contributed by atoms with Crippen molar-refractivity contribution in [3.05, 3.63) is 36.2 Å². The summed E-state index contributed by atoms with van der Waals surface area (Å²) in [6.07, 6.45) is 5.43. The Morgan fingerprint density at radius 1 is 1.21 bits per heavy atom. The summed E-state index contributed by atoms with van der Waals surface area (Å²) in [5, 5.41) is 0. The molecule has 0 radical (unpaired) electrons. The van der Waals surface area contributed by atoms with Gasteiger partial charge in [0.2, 0.25) is 0 Å². The van der Waals surface area contributed by atoms with Gasteiger partial charge in [0.25, 0.3) is 0 Å². The van der Waals surface area contributed by atoms with Crippen LogP contribution in [0.5, 0.6) is 0 Å². The Hall–Kier alpha value is -1.64. The van der Waals surface area contributed by atoms with E-state index < -0.39 is 0 Å². The Balaban J connectivity index is 3.35. The molecule has 0 saturated heterocycles. The van der Waals surface area contributed by atoms with E-state index in [9.17, 15) is 9.59 Å². The highest BCUT2D eigenvalue weighted by molar-refractivity contribution is 6.01. The van der Waals surface area contributed by atoms with E-state index in [1.54, 1.807) is 19.9 Å². The molecule has 1 heterocycles. The summed E-state index contributed by atoms with van der Waals surface area (Å²) in [6, 6.07) is 0. The summed E-state index contributed by atoms with van der Waals surface area (Å²) in [7, 11) is 0. The molecule has 0 amide bonds. The van der Waals surface area contributed by atoms with Gasteiger partial charge in [0.05, 0.1) is 0 Å².